The van der Waals surface area contributed by atoms with E-state index in [2.05, 4.69) is 9.97 Å². The molecule has 0 amide bonds. The van der Waals surface area contributed by atoms with Crippen molar-refractivity contribution < 1.29 is 38.3 Å². The highest BCUT2D eigenvalue weighted by molar-refractivity contribution is 5.75. The van der Waals surface area contributed by atoms with E-state index < -0.39 is 17.7 Å². The maximum absolute atomic E-state index is 13.1. The summed E-state index contributed by atoms with van der Waals surface area (Å²) in [7, 11) is 6.31. The quantitative estimate of drug-likeness (QED) is 0.158. The number of ether oxygens (including phenoxy) is 6. The van der Waals surface area contributed by atoms with E-state index in [1.54, 1.807) is 54.4 Å². The van der Waals surface area contributed by atoms with Crippen molar-refractivity contribution in [1.82, 2.24) is 9.97 Å². The average molecular weight is 617 g/mol. The van der Waals surface area contributed by atoms with Crippen LogP contribution < -0.4 is 23.7 Å². The highest BCUT2D eigenvalue weighted by atomic mass is 16.6. The number of carbonyl (C=O) groups is 1. The summed E-state index contributed by atoms with van der Waals surface area (Å²) in [5.41, 5.74) is 2.28. The van der Waals surface area contributed by atoms with Crippen molar-refractivity contribution in [3.63, 3.8) is 0 Å². The summed E-state index contributed by atoms with van der Waals surface area (Å²) in [5.74, 6) is 1.15. The van der Waals surface area contributed by atoms with Gasteiger partial charge in [0, 0.05) is 11.4 Å². The van der Waals surface area contributed by atoms with Crippen LogP contribution in [-0.2, 0) is 28.2 Å². The molecular weight excluding hydrogens is 576 g/mol. The summed E-state index contributed by atoms with van der Waals surface area (Å²) in [5, 5.41) is 10.7. The van der Waals surface area contributed by atoms with Crippen LogP contribution in [0.15, 0.2) is 72.8 Å². The molecule has 4 rings (SSSR count). The van der Waals surface area contributed by atoms with Crippen LogP contribution in [0.4, 0.5) is 0 Å². The highest BCUT2D eigenvalue weighted by Crippen LogP contribution is 2.39. The van der Waals surface area contributed by atoms with E-state index in [0.717, 1.165) is 11.1 Å². The first-order valence-electron chi connectivity index (χ1n) is 14.6. The van der Waals surface area contributed by atoms with Crippen LogP contribution >= 0.6 is 0 Å². The normalized spacial score (nSPS) is 12.9. The molecule has 2 unspecified atom stereocenters. The van der Waals surface area contributed by atoms with Crippen LogP contribution in [0.2, 0.25) is 0 Å². The SMILES string of the molecule is COc1ccc(CCCC(OCc2ccc(OC)c(OC)c2)(c2ccccc2)C(Oc2nc(C)cc(C)n2)C(=O)O)cc1OC. The number of methoxy groups -OCH3 is 4. The number of aliphatic carboxylic acids is 1. The lowest BCUT2D eigenvalue weighted by Crippen LogP contribution is -2.50. The number of rotatable bonds is 16. The number of benzene rings is 3. The molecule has 0 saturated carbocycles. The second-order valence-electron chi connectivity index (χ2n) is 10.5. The molecule has 0 aliphatic carbocycles. The molecule has 0 fully saturated rings. The van der Waals surface area contributed by atoms with Crippen molar-refractivity contribution in [3.8, 4) is 29.0 Å². The summed E-state index contributed by atoms with van der Waals surface area (Å²) in [6.07, 6.45) is -0.0369. The van der Waals surface area contributed by atoms with Gasteiger partial charge in [0.2, 0.25) is 6.10 Å². The second kappa shape index (κ2) is 15.3. The minimum atomic E-state index is -1.49. The minimum Gasteiger partial charge on any atom is -0.493 e. The maximum atomic E-state index is 13.1. The molecule has 0 saturated heterocycles. The third-order valence-corrected chi connectivity index (χ3v) is 7.50. The highest BCUT2D eigenvalue weighted by Gasteiger charge is 2.48. The molecule has 0 aliphatic heterocycles. The van der Waals surface area contributed by atoms with Gasteiger partial charge in [-0.05, 0) is 80.1 Å². The molecule has 3 aromatic carbocycles. The first kappa shape index (κ1) is 33.1. The molecule has 0 radical (unpaired) electrons. The van der Waals surface area contributed by atoms with Crippen LogP contribution in [0, 0.1) is 13.8 Å². The van der Waals surface area contributed by atoms with Gasteiger partial charge in [0.25, 0.3) is 0 Å². The van der Waals surface area contributed by atoms with Gasteiger partial charge in [0.05, 0.1) is 35.0 Å². The van der Waals surface area contributed by atoms with Crippen LogP contribution in [0.5, 0.6) is 29.0 Å². The molecule has 0 spiro atoms. The van der Waals surface area contributed by atoms with E-state index >= 15 is 0 Å². The van der Waals surface area contributed by atoms with Crippen LogP contribution in [0.25, 0.3) is 0 Å². The Morgan fingerprint density at radius 3 is 1.87 bits per heavy atom. The van der Waals surface area contributed by atoms with E-state index in [1.807, 2.05) is 60.7 Å². The average Bonchev–Trinajstić information content (AvgIpc) is 3.05. The van der Waals surface area contributed by atoms with Crippen molar-refractivity contribution >= 4 is 5.97 Å². The fourth-order valence-corrected chi connectivity index (χ4v) is 5.35. The molecular formula is C35H40N2O8. The zero-order chi connectivity index (χ0) is 32.4. The Bertz CT molecular complexity index is 1560. The van der Waals surface area contributed by atoms with Crippen LogP contribution in [-0.4, -0.2) is 55.6 Å². The topological polar surface area (TPSA) is 118 Å². The van der Waals surface area contributed by atoms with E-state index in [9.17, 15) is 9.90 Å². The molecule has 1 aromatic heterocycles. The number of aromatic nitrogens is 2. The van der Waals surface area contributed by atoms with E-state index in [4.69, 9.17) is 28.4 Å². The fourth-order valence-electron chi connectivity index (χ4n) is 5.35. The van der Waals surface area contributed by atoms with Gasteiger partial charge in [0.15, 0.2) is 23.0 Å². The third kappa shape index (κ3) is 8.02. The molecule has 10 heteroatoms. The Balaban J connectivity index is 1.77. The van der Waals surface area contributed by atoms with Gasteiger partial charge < -0.3 is 33.5 Å². The van der Waals surface area contributed by atoms with Gasteiger partial charge in [-0.25, -0.2) is 14.8 Å². The van der Waals surface area contributed by atoms with E-state index in [-0.39, 0.29) is 12.6 Å². The first-order chi connectivity index (χ1) is 21.7. The molecule has 2 atom stereocenters. The number of carboxylic acids is 1. The molecule has 10 nitrogen and oxygen atoms in total. The van der Waals surface area contributed by atoms with Crippen molar-refractivity contribution in [3.05, 3.63) is 101 Å². The Kier molecular flexibility index (Phi) is 11.2. The van der Waals surface area contributed by atoms with Crippen molar-refractivity contribution in [2.24, 2.45) is 0 Å². The zero-order valence-electron chi connectivity index (χ0n) is 26.5. The van der Waals surface area contributed by atoms with Crippen molar-refractivity contribution in [2.75, 3.05) is 28.4 Å². The Hall–Kier alpha value is -4.83. The lowest BCUT2D eigenvalue weighted by molar-refractivity contribution is -0.176. The zero-order valence-corrected chi connectivity index (χ0v) is 26.5. The summed E-state index contributed by atoms with van der Waals surface area (Å²) in [6, 6.07) is 22.2. The summed E-state index contributed by atoms with van der Waals surface area (Å²) < 4.78 is 34.7. The number of aryl methyl sites for hydroxylation is 3. The van der Waals surface area contributed by atoms with Gasteiger partial charge in [0.1, 0.15) is 5.60 Å². The smallest absolute Gasteiger partial charge is 0.348 e. The van der Waals surface area contributed by atoms with Gasteiger partial charge in [-0.1, -0.05) is 42.5 Å². The standard InChI is InChI=1S/C35H40N2O8/c1-23-19-24(2)37-34(36-23)45-32(33(38)39)35(27-12-8-7-9-13-27,44-22-26-15-17-29(41-4)31(21-26)43-6)18-10-11-25-14-16-28(40-3)30(20-25)42-5/h7-9,12-17,19-21,32H,10-11,18,22H2,1-6H3,(H,38,39). The second-order valence-corrected chi connectivity index (χ2v) is 10.5. The monoisotopic (exact) mass is 616 g/mol. The summed E-state index contributed by atoms with van der Waals surface area (Å²) >= 11 is 0. The molecule has 0 bridgehead atoms. The van der Waals surface area contributed by atoms with Crippen molar-refractivity contribution in [1.29, 1.82) is 0 Å². The molecule has 238 valence electrons. The maximum Gasteiger partial charge on any atom is 0.348 e. The number of hydrogen-bond donors (Lipinski definition) is 1. The molecule has 0 aliphatic rings. The van der Waals surface area contributed by atoms with Crippen LogP contribution in [0.1, 0.15) is 40.9 Å². The van der Waals surface area contributed by atoms with Crippen LogP contribution in [0.3, 0.4) is 0 Å². The fraction of sp³-hybridized carbons (Fsp3) is 0.343. The predicted octanol–water partition coefficient (Wildman–Crippen LogP) is 6.10. The predicted molar refractivity (Wildman–Crippen MR) is 168 cm³/mol. The Morgan fingerprint density at radius 1 is 0.756 bits per heavy atom. The van der Waals surface area contributed by atoms with Gasteiger partial charge in [-0.15, -0.1) is 0 Å². The summed E-state index contributed by atoms with van der Waals surface area (Å²) in [6.45, 7) is 3.67. The molecule has 45 heavy (non-hydrogen) atoms. The van der Waals surface area contributed by atoms with Gasteiger partial charge >= 0.3 is 12.0 Å². The van der Waals surface area contributed by atoms with Gasteiger partial charge in [-0.2, -0.15) is 0 Å². The van der Waals surface area contributed by atoms with Gasteiger partial charge in [-0.3, -0.25) is 0 Å². The lowest BCUT2D eigenvalue weighted by atomic mass is 9.82. The number of carboxylic acid groups (broad SMARTS) is 1. The first-order valence-corrected chi connectivity index (χ1v) is 14.6. The number of nitrogens with zero attached hydrogens (tertiary/aromatic N) is 2. The Labute approximate surface area is 263 Å². The molecule has 1 heterocycles. The Morgan fingerprint density at radius 2 is 1.31 bits per heavy atom. The lowest BCUT2D eigenvalue weighted by Gasteiger charge is -2.38. The molecule has 4 aromatic rings. The van der Waals surface area contributed by atoms with E-state index in [0.29, 0.717) is 59.2 Å². The largest absolute Gasteiger partial charge is 0.493 e. The van der Waals surface area contributed by atoms with Crippen molar-refractivity contribution in [2.45, 2.75) is 51.4 Å². The van der Waals surface area contributed by atoms with E-state index in [1.165, 1.54) is 0 Å². The molecule has 1 N–H and O–H groups in total. The summed E-state index contributed by atoms with van der Waals surface area (Å²) in [4.78, 5) is 21.9. The number of hydrogen-bond acceptors (Lipinski definition) is 9. The minimum absolute atomic E-state index is 0.0326. The third-order valence-electron chi connectivity index (χ3n) is 7.50.